The quantitative estimate of drug-likeness (QED) is 0.0417. The summed E-state index contributed by atoms with van der Waals surface area (Å²) < 4.78 is 108. The molecule has 2 atom stereocenters. The van der Waals surface area contributed by atoms with Crippen molar-refractivity contribution in [1.29, 1.82) is 5.41 Å². The van der Waals surface area contributed by atoms with Crippen LogP contribution in [0.2, 0.25) is 10.0 Å². The van der Waals surface area contributed by atoms with Crippen LogP contribution in [0.25, 0.3) is 27.7 Å². The molecule has 0 saturated carbocycles. The van der Waals surface area contributed by atoms with Crippen LogP contribution in [0, 0.1) is 28.8 Å². The standard InChI is InChI=1S/C41H33Cl2F7N8O2S/c1-18-10-26-34(37(47)48)55-57(36(26)41(18,49)50)17-32(59)53-30(13-19-11-22(44)16-23(45)12-19)39-54-29-14-20(24-7-5-21(42)15-28(24)46)4-6-25(29)40(60)58(39)31-9-8-27(43)33(35(31)52-2)38(51)56-61-3/h4-9,11-12,14-16,18,30,37,52H,10,13,17H2,1-3H3,(H2,51,56)(H,53,59). The molecule has 0 bridgehead atoms. The smallest absolute Gasteiger partial charge is 0.292 e. The van der Waals surface area contributed by atoms with Crippen molar-refractivity contribution in [1.82, 2.24) is 29.4 Å². The summed E-state index contributed by atoms with van der Waals surface area (Å²) in [5.41, 5.74) is -2.28. The van der Waals surface area contributed by atoms with Crippen LogP contribution >= 0.6 is 35.1 Å². The third-order valence-corrected chi connectivity index (χ3v) is 11.2. The fourth-order valence-electron chi connectivity index (χ4n) is 7.56. The Hall–Kier alpha value is -5.59. The highest BCUT2D eigenvalue weighted by molar-refractivity contribution is 7.97. The van der Waals surface area contributed by atoms with Gasteiger partial charge in [0.05, 0.1) is 38.9 Å². The van der Waals surface area contributed by atoms with Crippen LogP contribution in [-0.4, -0.2) is 44.4 Å². The minimum Gasteiger partial charge on any atom is -0.386 e. The molecule has 0 spiro atoms. The van der Waals surface area contributed by atoms with Gasteiger partial charge < -0.3 is 15.4 Å². The molecular formula is C41H33Cl2F7N8O2S. The van der Waals surface area contributed by atoms with Crippen molar-refractivity contribution in [3.63, 3.8) is 0 Å². The van der Waals surface area contributed by atoms with Gasteiger partial charge in [0.2, 0.25) is 5.91 Å². The molecule has 10 nitrogen and oxygen atoms in total. The lowest BCUT2D eigenvalue weighted by Gasteiger charge is -2.25. The SMILES string of the molecule is CNc1c(-n2c(C(Cc3cc(F)cc(F)c3)NC(=O)Cn3nc(C(F)F)c4c3C(F)(F)C(C)C4)nc3cc(-c4ccc(Cl)cc4F)ccc3c2=O)ccc(Cl)c1C(=N)NSC. The molecule has 0 saturated heterocycles. The number of carbonyl (C=O) groups is 1. The number of rotatable bonds is 12. The molecule has 1 aliphatic rings. The molecule has 7 rings (SSSR count). The third-order valence-electron chi connectivity index (χ3n) is 10.3. The van der Waals surface area contributed by atoms with E-state index in [0.717, 1.165) is 34.7 Å². The second kappa shape index (κ2) is 17.1. The highest BCUT2D eigenvalue weighted by Crippen LogP contribution is 2.48. The second-order valence-corrected chi connectivity index (χ2v) is 15.7. The van der Waals surface area contributed by atoms with E-state index >= 15 is 13.2 Å². The number of fused-ring (bicyclic) bond motifs is 2. The van der Waals surface area contributed by atoms with Gasteiger partial charge in [-0.3, -0.25) is 24.2 Å². The van der Waals surface area contributed by atoms with Gasteiger partial charge in [0.15, 0.2) is 0 Å². The molecule has 4 N–H and O–H groups in total. The van der Waals surface area contributed by atoms with Gasteiger partial charge in [-0.1, -0.05) is 48.1 Å². The van der Waals surface area contributed by atoms with Crippen molar-refractivity contribution in [2.75, 3.05) is 18.6 Å². The topological polar surface area (TPSA) is 130 Å². The molecule has 2 aromatic heterocycles. The summed E-state index contributed by atoms with van der Waals surface area (Å²) in [7, 11) is 1.50. The van der Waals surface area contributed by atoms with E-state index in [-0.39, 0.29) is 71.8 Å². The van der Waals surface area contributed by atoms with Crippen LogP contribution < -0.4 is 20.9 Å². The lowest BCUT2D eigenvalue weighted by molar-refractivity contribution is -0.123. The number of amides is 1. The first-order valence-electron chi connectivity index (χ1n) is 18.3. The summed E-state index contributed by atoms with van der Waals surface area (Å²) in [4.78, 5) is 33.8. The Morgan fingerprint density at radius 2 is 1.75 bits per heavy atom. The van der Waals surface area contributed by atoms with E-state index in [0.29, 0.717) is 10.7 Å². The van der Waals surface area contributed by atoms with Crippen LogP contribution in [-0.2, 0) is 30.1 Å². The van der Waals surface area contributed by atoms with Crippen molar-refractivity contribution >= 4 is 63.5 Å². The Kier molecular flexibility index (Phi) is 12.2. The van der Waals surface area contributed by atoms with Crippen molar-refractivity contribution in [3.8, 4) is 16.8 Å². The van der Waals surface area contributed by atoms with E-state index in [9.17, 15) is 27.2 Å². The van der Waals surface area contributed by atoms with E-state index in [1.807, 2.05) is 0 Å². The molecule has 0 fully saturated rings. The molecular weight excluding hydrogens is 872 g/mol. The number of nitrogens with zero attached hydrogens (tertiary/aromatic N) is 4. The first-order valence-corrected chi connectivity index (χ1v) is 20.3. The van der Waals surface area contributed by atoms with Crippen LogP contribution in [0.3, 0.4) is 0 Å². The van der Waals surface area contributed by atoms with Crippen LogP contribution in [0.1, 0.15) is 53.3 Å². The molecule has 6 aromatic rings. The number of nitrogens with one attached hydrogen (secondary N) is 4. The zero-order chi connectivity index (χ0) is 44.1. The lowest BCUT2D eigenvalue weighted by atomic mass is 10.0. The molecule has 4 aromatic carbocycles. The maximum absolute atomic E-state index is 15.5. The average molecular weight is 906 g/mol. The number of benzene rings is 4. The predicted octanol–water partition coefficient (Wildman–Crippen LogP) is 9.53. The first-order chi connectivity index (χ1) is 28.9. The molecule has 2 heterocycles. The van der Waals surface area contributed by atoms with E-state index < -0.39 is 84.0 Å². The van der Waals surface area contributed by atoms with E-state index in [4.69, 9.17) is 33.6 Å². The van der Waals surface area contributed by atoms with Crippen LogP contribution in [0.15, 0.2) is 71.5 Å². The summed E-state index contributed by atoms with van der Waals surface area (Å²) in [6.07, 6.45) is -2.44. The Bertz CT molecular complexity index is 2780. The number of hydrogen-bond donors (Lipinski definition) is 4. The lowest BCUT2D eigenvalue weighted by Crippen LogP contribution is -2.38. The molecule has 2 unspecified atom stereocenters. The highest BCUT2D eigenvalue weighted by atomic mass is 35.5. The van der Waals surface area contributed by atoms with Crippen molar-refractivity contribution in [3.05, 3.63) is 138 Å². The second-order valence-electron chi connectivity index (χ2n) is 14.2. The van der Waals surface area contributed by atoms with Crippen LogP contribution in [0.5, 0.6) is 0 Å². The summed E-state index contributed by atoms with van der Waals surface area (Å²) >= 11 is 13.7. The maximum atomic E-state index is 15.5. The molecule has 0 aliphatic heterocycles. The van der Waals surface area contributed by atoms with Crippen molar-refractivity contribution < 1.29 is 35.5 Å². The van der Waals surface area contributed by atoms with Gasteiger partial charge >= 0.3 is 0 Å². The fourth-order valence-corrected chi connectivity index (χ4v) is 8.28. The number of halogens is 9. The predicted molar refractivity (Wildman–Crippen MR) is 221 cm³/mol. The Morgan fingerprint density at radius 3 is 2.41 bits per heavy atom. The molecule has 20 heteroatoms. The van der Waals surface area contributed by atoms with Gasteiger partial charge in [-0.2, -0.15) is 13.9 Å². The third kappa shape index (κ3) is 8.27. The largest absolute Gasteiger partial charge is 0.386 e. The number of aromatic nitrogens is 4. The number of amidine groups is 1. The van der Waals surface area contributed by atoms with Crippen LogP contribution in [0.4, 0.5) is 36.4 Å². The highest BCUT2D eigenvalue weighted by Gasteiger charge is 2.51. The zero-order valence-corrected chi connectivity index (χ0v) is 34.4. The molecule has 61 heavy (non-hydrogen) atoms. The van der Waals surface area contributed by atoms with Gasteiger partial charge in [0.1, 0.15) is 47.0 Å². The Labute approximate surface area is 357 Å². The summed E-state index contributed by atoms with van der Waals surface area (Å²) in [5.74, 6) is -9.17. The van der Waals surface area contributed by atoms with Crippen molar-refractivity contribution in [2.45, 2.75) is 44.7 Å². The molecule has 0 radical (unpaired) electrons. The Morgan fingerprint density at radius 1 is 1.03 bits per heavy atom. The monoisotopic (exact) mass is 904 g/mol. The van der Waals surface area contributed by atoms with Gasteiger partial charge in [-0.05, 0) is 72.1 Å². The van der Waals surface area contributed by atoms with Gasteiger partial charge in [-0.15, -0.1) is 0 Å². The van der Waals surface area contributed by atoms with Gasteiger partial charge in [0.25, 0.3) is 17.9 Å². The minimum atomic E-state index is -3.62. The maximum Gasteiger partial charge on any atom is 0.292 e. The number of hydrogen-bond acceptors (Lipinski definition) is 7. The fraction of sp³-hybridized carbons (Fsp3) is 0.244. The van der Waals surface area contributed by atoms with E-state index in [1.165, 1.54) is 56.4 Å². The number of carbonyl (C=O) groups excluding carboxylic acids is 1. The van der Waals surface area contributed by atoms with E-state index in [1.54, 1.807) is 6.26 Å². The number of anilines is 1. The number of alkyl halides is 4. The summed E-state index contributed by atoms with van der Waals surface area (Å²) in [5, 5.41) is 18.2. The average Bonchev–Trinajstić information content (AvgIpc) is 3.66. The normalized spacial score (nSPS) is 14.9. The summed E-state index contributed by atoms with van der Waals surface area (Å²) in [6.45, 7) is 0.180. The van der Waals surface area contributed by atoms with Gasteiger partial charge in [-0.25, -0.2) is 26.9 Å². The van der Waals surface area contributed by atoms with E-state index in [2.05, 4.69) is 20.5 Å². The minimum absolute atomic E-state index is 0.0115. The molecule has 1 aliphatic carbocycles. The first kappa shape index (κ1) is 43.5. The van der Waals surface area contributed by atoms with Crippen molar-refractivity contribution in [2.24, 2.45) is 5.92 Å². The zero-order valence-electron chi connectivity index (χ0n) is 32.1. The summed E-state index contributed by atoms with van der Waals surface area (Å²) in [6, 6.07) is 12.1. The molecule has 1 amide bonds. The molecule has 318 valence electrons. The Balaban J connectivity index is 1.47. The van der Waals surface area contributed by atoms with Gasteiger partial charge in [0, 0.05) is 47.9 Å².